The van der Waals surface area contributed by atoms with E-state index < -0.39 is 0 Å². The molecular weight excluding hydrogens is 300 g/mol. The summed E-state index contributed by atoms with van der Waals surface area (Å²) < 4.78 is 10.2. The number of nitrogens with zero attached hydrogens (tertiary/aromatic N) is 2. The van der Waals surface area contributed by atoms with Crippen LogP contribution in [0.3, 0.4) is 0 Å². The number of aromatic nitrogens is 1. The van der Waals surface area contributed by atoms with Gasteiger partial charge in [0, 0.05) is 6.07 Å². The van der Waals surface area contributed by atoms with E-state index in [1.165, 1.54) is 0 Å². The number of pyridine rings is 1. The van der Waals surface area contributed by atoms with Crippen molar-refractivity contribution in [1.82, 2.24) is 4.98 Å². The molecule has 114 valence electrons. The SMILES string of the molecule is COc1ccc(C2SCC(=O)N2c2ccc(OC)nc2)cc1. The lowest BCUT2D eigenvalue weighted by Gasteiger charge is -2.24. The molecule has 0 bridgehead atoms. The van der Waals surface area contributed by atoms with Crippen LogP contribution < -0.4 is 14.4 Å². The zero-order chi connectivity index (χ0) is 15.5. The molecule has 1 aromatic carbocycles. The Kier molecular flexibility index (Phi) is 4.20. The van der Waals surface area contributed by atoms with Crippen molar-refractivity contribution in [2.24, 2.45) is 0 Å². The molecule has 0 spiro atoms. The summed E-state index contributed by atoms with van der Waals surface area (Å²) in [5.74, 6) is 1.88. The van der Waals surface area contributed by atoms with Crippen molar-refractivity contribution in [3.8, 4) is 11.6 Å². The number of hydrogen-bond donors (Lipinski definition) is 0. The molecule has 1 amide bonds. The molecule has 2 aromatic rings. The average Bonchev–Trinajstić information content (AvgIpc) is 2.96. The Morgan fingerprint density at radius 3 is 2.50 bits per heavy atom. The van der Waals surface area contributed by atoms with Crippen LogP contribution in [0.4, 0.5) is 5.69 Å². The molecule has 1 fully saturated rings. The molecule has 22 heavy (non-hydrogen) atoms. The van der Waals surface area contributed by atoms with Crippen molar-refractivity contribution < 1.29 is 14.3 Å². The van der Waals surface area contributed by atoms with E-state index in [9.17, 15) is 4.79 Å². The van der Waals surface area contributed by atoms with Gasteiger partial charge < -0.3 is 9.47 Å². The molecule has 1 unspecified atom stereocenters. The number of amides is 1. The van der Waals surface area contributed by atoms with Crippen molar-refractivity contribution in [3.63, 3.8) is 0 Å². The van der Waals surface area contributed by atoms with E-state index in [-0.39, 0.29) is 11.3 Å². The zero-order valence-electron chi connectivity index (χ0n) is 12.4. The second-order valence-corrected chi connectivity index (χ2v) is 5.83. The number of hydrogen-bond acceptors (Lipinski definition) is 5. The lowest BCUT2D eigenvalue weighted by atomic mass is 10.2. The number of thioether (sulfide) groups is 1. The highest BCUT2D eigenvalue weighted by Crippen LogP contribution is 2.41. The minimum atomic E-state index is -0.0476. The van der Waals surface area contributed by atoms with Gasteiger partial charge in [-0.25, -0.2) is 4.98 Å². The van der Waals surface area contributed by atoms with E-state index >= 15 is 0 Å². The first-order valence-electron chi connectivity index (χ1n) is 6.80. The van der Waals surface area contributed by atoms with Crippen molar-refractivity contribution in [1.29, 1.82) is 0 Å². The van der Waals surface area contributed by atoms with Crippen molar-refractivity contribution in [3.05, 3.63) is 48.2 Å². The van der Waals surface area contributed by atoms with Crippen LogP contribution in [-0.2, 0) is 4.79 Å². The normalized spacial score (nSPS) is 17.6. The molecule has 1 aliphatic rings. The van der Waals surface area contributed by atoms with Gasteiger partial charge in [-0.2, -0.15) is 0 Å². The molecule has 0 saturated carbocycles. The lowest BCUT2D eigenvalue weighted by molar-refractivity contribution is -0.115. The summed E-state index contributed by atoms with van der Waals surface area (Å²) >= 11 is 1.61. The number of methoxy groups -OCH3 is 2. The Bertz CT molecular complexity index is 658. The standard InChI is InChI=1S/C16H16N2O3S/c1-20-13-6-3-11(4-7-13)16-18(15(19)10-22-16)12-5-8-14(21-2)17-9-12/h3-9,16H,10H2,1-2H3. The zero-order valence-corrected chi connectivity index (χ0v) is 13.2. The van der Waals surface area contributed by atoms with E-state index in [0.29, 0.717) is 11.6 Å². The summed E-state index contributed by atoms with van der Waals surface area (Å²) in [6.45, 7) is 0. The Morgan fingerprint density at radius 1 is 1.14 bits per heavy atom. The van der Waals surface area contributed by atoms with Gasteiger partial charge >= 0.3 is 0 Å². The molecule has 2 heterocycles. The summed E-state index contributed by atoms with van der Waals surface area (Å²) in [7, 11) is 3.21. The number of carbonyl (C=O) groups is 1. The third kappa shape index (κ3) is 2.74. The Balaban J connectivity index is 1.90. The topological polar surface area (TPSA) is 51.7 Å². The van der Waals surface area contributed by atoms with Gasteiger partial charge in [-0.3, -0.25) is 9.69 Å². The number of carbonyl (C=O) groups excluding carboxylic acids is 1. The van der Waals surface area contributed by atoms with E-state index in [2.05, 4.69) is 4.98 Å². The molecule has 0 N–H and O–H groups in total. The van der Waals surface area contributed by atoms with Crippen LogP contribution in [0.25, 0.3) is 0 Å². The van der Waals surface area contributed by atoms with E-state index in [0.717, 1.165) is 17.0 Å². The van der Waals surface area contributed by atoms with Gasteiger partial charge in [-0.05, 0) is 23.8 Å². The van der Waals surface area contributed by atoms with Crippen LogP contribution in [0.15, 0.2) is 42.6 Å². The number of ether oxygens (including phenoxy) is 2. The van der Waals surface area contributed by atoms with E-state index in [1.807, 2.05) is 30.3 Å². The first kappa shape index (κ1) is 14.7. The second-order valence-electron chi connectivity index (χ2n) is 4.76. The highest BCUT2D eigenvalue weighted by molar-refractivity contribution is 8.00. The molecule has 0 radical (unpaired) electrons. The Morgan fingerprint density at radius 2 is 1.91 bits per heavy atom. The highest BCUT2D eigenvalue weighted by atomic mass is 32.2. The first-order chi connectivity index (χ1) is 10.7. The molecule has 1 aromatic heterocycles. The minimum Gasteiger partial charge on any atom is -0.497 e. The van der Waals surface area contributed by atoms with Gasteiger partial charge in [0.1, 0.15) is 11.1 Å². The predicted molar refractivity (Wildman–Crippen MR) is 86.5 cm³/mol. The first-order valence-corrected chi connectivity index (χ1v) is 7.85. The van der Waals surface area contributed by atoms with Crippen LogP contribution in [-0.4, -0.2) is 30.9 Å². The van der Waals surface area contributed by atoms with Crippen molar-refractivity contribution in [2.45, 2.75) is 5.37 Å². The van der Waals surface area contributed by atoms with Crippen LogP contribution in [0, 0.1) is 0 Å². The van der Waals surface area contributed by atoms with Crippen LogP contribution >= 0.6 is 11.8 Å². The fourth-order valence-corrected chi connectivity index (χ4v) is 3.53. The highest BCUT2D eigenvalue weighted by Gasteiger charge is 2.34. The van der Waals surface area contributed by atoms with Gasteiger partial charge in [0.15, 0.2) is 0 Å². The van der Waals surface area contributed by atoms with Crippen LogP contribution in [0.1, 0.15) is 10.9 Å². The maximum Gasteiger partial charge on any atom is 0.238 e. The fraction of sp³-hybridized carbons (Fsp3) is 0.250. The van der Waals surface area contributed by atoms with E-state index in [1.54, 1.807) is 43.1 Å². The maximum absolute atomic E-state index is 12.3. The summed E-state index contributed by atoms with van der Waals surface area (Å²) in [4.78, 5) is 18.2. The third-order valence-corrected chi connectivity index (χ3v) is 4.69. The molecule has 3 rings (SSSR count). The summed E-state index contributed by atoms with van der Waals surface area (Å²) in [5.41, 5.74) is 1.84. The number of rotatable bonds is 4. The average molecular weight is 316 g/mol. The van der Waals surface area contributed by atoms with Gasteiger partial charge in [-0.15, -0.1) is 11.8 Å². The van der Waals surface area contributed by atoms with Gasteiger partial charge in [0.2, 0.25) is 11.8 Å². The molecule has 6 heteroatoms. The Hall–Kier alpha value is -2.21. The minimum absolute atomic E-state index is 0.0476. The largest absolute Gasteiger partial charge is 0.497 e. The molecular formula is C16H16N2O3S. The van der Waals surface area contributed by atoms with Crippen molar-refractivity contribution in [2.75, 3.05) is 24.9 Å². The number of anilines is 1. The molecule has 1 saturated heterocycles. The third-order valence-electron chi connectivity index (χ3n) is 3.48. The second kappa shape index (κ2) is 6.27. The maximum atomic E-state index is 12.3. The Labute approximate surface area is 133 Å². The smallest absolute Gasteiger partial charge is 0.238 e. The molecule has 1 aliphatic heterocycles. The summed E-state index contributed by atoms with van der Waals surface area (Å²) in [6, 6.07) is 11.4. The summed E-state index contributed by atoms with van der Waals surface area (Å²) in [5, 5.41) is -0.0476. The molecule has 5 nitrogen and oxygen atoms in total. The van der Waals surface area contributed by atoms with Gasteiger partial charge in [0.25, 0.3) is 0 Å². The van der Waals surface area contributed by atoms with Gasteiger partial charge in [-0.1, -0.05) is 12.1 Å². The van der Waals surface area contributed by atoms with Crippen LogP contribution in [0.2, 0.25) is 0 Å². The van der Waals surface area contributed by atoms with Crippen molar-refractivity contribution >= 4 is 23.4 Å². The molecule has 0 aliphatic carbocycles. The number of benzene rings is 1. The summed E-state index contributed by atoms with van der Waals surface area (Å²) in [6.07, 6.45) is 1.67. The predicted octanol–water partition coefficient (Wildman–Crippen LogP) is 2.88. The van der Waals surface area contributed by atoms with Crippen LogP contribution in [0.5, 0.6) is 11.6 Å². The van der Waals surface area contributed by atoms with Gasteiger partial charge in [0.05, 0.1) is 31.9 Å². The fourth-order valence-electron chi connectivity index (χ4n) is 2.35. The lowest BCUT2D eigenvalue weighted by Crippen LogP contribution is -2.27. The monoisotopic (exact) mass is 316 g/mol. The quantitative estimate of drug-likeness (QED) is 0.868. The van der Waals surface area contributed by atoms with E-state index in [4.69, 9.17) is 9.47 Å². The molecule has 1 atom stereocenters.